The summed E-state index contributed by atoms with van der Waals surface area (Å²) in [4.78, 5) is 16.7. The molecule has 0 aliphatic rings. The summed E-state index contributed by atoms with van der Waals surface area (Å²) in [6.07, 6.45) is 3.21. The maximum atomic E-state index is 11.7. The van der Waals surface area contributed by atoms with Crippen molar-refractivity contribution in [3.63, 3.8) is 0 Å². The molecule has 18 heavy (non-hydrogen) atoms. The van der Waals surface area contributed by atoms with Crippen LogP contribution in [0.2, 0.25) is 5.02 Å². The van der Waals surface area contributed by atoms with Crippen molar-refractivity contribution in [2.75, 3.05) is 11.9 Å². The molecule has 0 aromatic carbocycles. The average molecular weight is 287 g/mol. The summed E-state index contributed by atoms with van der Waals surface area (Å²) in [7, 11) is 0. The van der Waals surface area contributed by atoms with Gasteiger partial charge in [-0.2, -0.15) is 5.10 Å². The Bertz CT molecular complexity index is 570. The van der Waals surface area contributed by atoms with E-state index in [0.29, 0.717) is 12.2 Å². The highest BCUT2D eigenvalue weighted by Gasteiger charge is 2.08. The Kier molecular flexibility index (Phi) is 4.29. The topological polar surface area (TPSA) is 80.0 Å². The van der Waals surface area contributed by atoms with Crippen molar-refractivity contribution in [1.29, 1.82) is 0 Å². The number of hydrogen-bond acceptors (Lipinski definition) is 6. The third kappa shape index (κ3) is 2.87. The minimum atomic E-state index is -0.417. The van der Waals surface area contributed by atoms with Crippen LogP contribution in [0.5, 0.6) is 0 Å². The molecule has 96 valence electrons. The van der Waals surface area contributed by atoms with Gasteiger partial charge in [-0.1, -0.05) is 11.6 Å². The maximum absolute atomic E-state index is 11.7. The standard InChI is InChI=1S/C10H11ClN4O2S/c11-9-8(13-4-7-3-12-6-18-7)5-14-15(1-2-16)10(9)17/h3,5-6,13,16H,1-2,4H2. The number of nitrogens with one attached hydrogen (secondary N) is 1. The Morgan fingerprint density at radius 1 is 1.50 bits per heavy atom. The van der Waals surface area contributed by atoms with Crippen molar-refractivity contribution in [1.82, 2.24) is 14.8 Å². The first-order chi connectivity index (χ1) is 8.72. The lowest BCUT2D eigenvalue weighted by Crippen LogP contribution is -2.25. The Hall–Kier alpha value is -1.44. The second-order valence-corrected chi connectivity index (χ2v) is 4.79. The average Bonchev–Trinajstić information content (AvgIpc) is 2.87. The van der Waals surface area contributed by atoms with Crippen LogP contribution >= 0.6 is 22.9 Å². The van der Waals surface area contributed by atoms with E-state index in [-0.39, 0.29) is 18.2 Å². The number of halogens is 1. The highest BCUT2D eigenvalue weighted by molar-refractivity contribution is 7.09. The van der Waals surface area contributed by atoms with Gasteiger partial charge < -0.3 is 10.4 Å². The van der Waals surface area contributed by atoms with Crippen LogP contribution in [-0.2, 0) is 13.1 Å². The molecule has 0 aliphatic heterocycles. The highest BCUT2D eigenvalue weighted by atomic mass is 35.5. The largest absolute Gasteiger partial charge is 0.394 e. The van der Waals surface area contributed by atoms with E-state index in [1.54, 1.807) is 11.7 Å². The predicted molar refractivity (Wildman–Crippen MR) is 70.0 cm³/mol. The second kappa shape index (κ2) is 5.94. The van der Waals surface area contributed by atoms with E-state index >= 15 is 0 Å². The Morgan fingerprint density at radius 3 is 3.00 bits per heavy atom. The first-order valence-electron chi connectivity index (χ1n) is 5.20. The normalized spacial score (nSPS) is 10.6. The van der Waals surface area contributed by atoms with Crippen molar-refractivity contribution in [2.45, 2.75) is 13.1 Å². The third-order valence-corrected chi connectivity index (χ3v) is 3.38. The van der Waals surface area contributed by atoms with Gasteiger partial charge in [-0.25, -0.2) is 4.68 Å². The quantitative estimate of drug-likeness (QED) is 0.856. The number of aliphatic hydroxyl groups is 1. The number of aliphatic hydroxyl groups excluding tert-OH is 1. The molecule has 0 saturated carbocycles. The molecule has 2 rings (SSSR count). The van der Waals surface area contributed by atoms with E-state index in [1.165, 1.54) is 17.5 Å². The summed E-state index contributed by atoms with van der Waals surface area (Å²) in [5, 5.41) is 15.8. The Labute approximate surface area is 112 Å². The molecule has 0 saturated heterocycles. The molecule has 0 amide bonds. The zero-order valence-electron chi connectivity index (χ0n) is 9.34. The fourth-order valence-corrected chi connectivity index (χ4v) is 2.10. The number of hydrogen-bond donors (Lipinski definition) is 2. The molecule has 0 fully saturated rings. The molecule has 0 bridgehead atoms. The lowest BCUT2D eigenvalue weighted by molar-refractivity contribution is 0.266. The molecule has 2 aromatic heterocycles. The van der Waals surface area contributed by atoms with Crippen LogP contribution in [0.25, 0.3) is 0 Å². The van der Waals surface area contributed by atoms with Gasteiger partial charge in [0.2, 0.25) is 0 Å². The number of rotatable bonds is 5. The van der Waals surface area contributed by atoms with Crippen molar-refractivity contribution in [3.8, 4) is 0 Å². The molecule has 2 N–H and O–H groups in total. The maximum Gasteiger partial charge on any atom is 0.287 e. The first kappa shape index (κ1) is 13.0. The summed E-state index contributed by atoms with van der Waals surface area (Å²) < 4.78 is 1.13. The molecule has 2 heterocycles. The van der Waals surface area contributed by atoms with Crippen molar-refractivity contribution in [3.05, 3.63) is 38.2 Å². The highest BCUT2D eigenvalue weighted by Crippen LogP contribution is 2.17. The van der Waals surface area contributed by atoms with E-state index in [2.05, 4.69) is 15.4 Å². The van der Waals surface area contributed by atoms with Gasteiger partial charge in [0.05, 0.1) is 37.1 Å². The summed E-state index contributed by atoms with van der Waals surface area (Å²) in [5.41, 5.74) is 1.79. The molecule has 0 unspecified atom stereocenters. The molecule has 8 heteroatoms. The summed E-state index contributed by atoms with van der Waals surface area (Å²) in [6, 6.07) is 0. The number of anilines is 1. The summed E-state index contributed by atoms with van der Waals surface area (Å²) in [5.74, 6) is 0. The monoisotopic (exact) mass is 286 g/mol. The smallest absolute Gasteiger partial charge is 0.287 e. The van der Waals surface area contributed by atoms with Crippen LogP contribution in [-0.4, -0.2) is 26.5 Å². The molecule has 0 spiro atoms. The van der Waals surface area contributed by atoms with Crippen molar-refractivity contribution < 1.29 is 5.11 Å². The lowest BCUT2D eigenvalue weighted by Gasteiger charge is -2.08. The molecule has 2 aromatic rings. The number of thiazole rings is 1. The van der Waals surface area contributed by atoms with E-state index in [4.69, 9.17) is 16.7 Å². The fourth-order valence-electron chi connectivity index (χ4n) is 1.35. The first-order valence-corrected chi connectivity index (χ1v) is 6.46. The predicted octanol–water partition coefficient (Wildman–Crippen LogP) is 0.958. The van der Waals surface area contributed by atoms with Crippen LogP contribution in [0.3, 0.4) is 0 Å². The zero-order chi connectivity index (χ0) is 13.0. The minimum absolute atomic E-state index is 0.0722. The zero-order valence-corrected chi connectivity index (χ0v) is 10.9. The van der Waals surface area contributed by atoms with Gasteiger partial charge in [-0.15, -0.1) is 11.3 Å². The Balaban J connectivity index is 2.14. The molecular weight excluding hydrogens is 276 g/mol. The van der Waals surface area contributed by atoms with Crippen LogP contribution in [0.4, 0.5) is 5.69 Å². The molecule has 0 aliphatic carbocycles. The third-order valence-electron chi connectivity index (χ3n) is 2.23. The SMILES string of the molecule is O=c1c(Cl)c(NCc2cncs2)cnn1CCO. The number of aromatic nitrogens is 3. The van der Waals surface area contributed by atoms with E-state index in [1.807, 2.05) is 0 Å². The number of nitrogens with zero attached hydrogens (tertiary/aromatic N) is 3. The van der Waals surface area contributed by atoms with Crippen LogP contribution in [0.15, 0.2) is 22.7 Å². The Morgan fingerprint density at radius 2 is 2.33 bits per heavy atom. The van der Waals surface area contributed by atoms with Gasteiger partial charge in [0.15, 0.2) is 0 Å². The van der Waals surface area contributed by atoms with Gasteiger partial charge in [0.25, 0.3) is 5.56 Å². The second-order valence-electron chi connectivity index (χ2n) is 3.45. The van der Waals surface area contributed by atoms with Crippen LogP contribution < -0.4 is 10.9 Å². The fraction of sp³-hybridized carbons (Fsp3) is 0.300. The lowest BCUT2D eigenvalue weighted by atomic mass is 10.4. The van der Waals surface area contributed by atoms with Gasteiger partial charge in [0.1, 0.15) is 5.02 Å². The van der Waals surface area contributed by atoms with Crippen molar-refractivity contribution >= 4 is 28.6 Å². The molecule has 0 radical (unpaired) electrons. The summed E-state index contributed by atoms with van der Waals surface area (Å²) in [6.45, 7) is 0.514. The van der Waals surface area contributed by atoms with E-state index in [0.717, 1.165) is 9.56 Å². The molecule has 6 nitrogen and oxygen atoms in total. The molecule has 0 atom stereocenters. The van der Waals surface area contributed by atoms with Gasteiger partial charge in [-0.05, 0) is 0 Å². The summed E-state index contributed by atoms with van der Waals surface area (Å²) >= 11 is 7.45. The van der Waals surface area contributed by atoms with Crippen LogP contribution in [0, 0.1) is 0 Å². The van der Waals surface area contributed by atoms with E-state index < -0.39 is 5.56 Å². The molecular formula is C10H11ClN4O2S. The van der Waals surface area contributed by atoms with Gasteiger partial charge >= 0.3 is 0 Å². The van der Waals surface area contributed by atoms with Crippen molar-refractivity contribution in [2.24, 2.45) is 0 Å². The van der Waals surface area contributed by atoms with Crippen LogP contribution in [0.1, 0.15) is 4.88 Å². The minimum Gasteiger partial charge on any atom is -0.394 e. The van der Waals surface area contributed by atoms with Gasteiger partial charge in [0, 0.05) is 11.1 Å². The van der Waals surface area contributed by atoms with Gasteiger partial charge in [-0.3, -0.25) is 9.78 Å². The van der Waals surface area contributed by atoms with E-state index in [9.17, 15) is 4.79 Å².